The van der Waals surface area contributed by atoms with Gasteiger partial charge >= 0.3 is 0 Å². The van der Waals surface area contributed by atoms with Gasteiger partial charge in [-0.1, -0.05) is 19.1 Å². The van der Waals surface area contributed by atoms with Gasteiger partial charge < -0.3 is 5.73 Å². The van der Waals surface area contributed by atoms with Crippen LogP contribution in [0.1, 0.15) is 24.9 Å². The molecule has 0 aliphatic carbocycles. The second-order valence-corrected chi connectivity index (χ2v) is 6.12. The van der Waals surface area contributed by atoms with E-state index in [1.165, 1.54) is 30.5 Å². The summed E-state index contributed by atoms with van der Waals surface area (Å²) in [6, 6.07) is 5.00. The molecule has 1 aromatic carbocycles. The molecule has 1 aromatic rings. The lowest BCUT2D eigenvalue weighted by atomic mass is 10.0. The lowest BCUT2D eigenvalue weighted by molar-refractivity contribution is 0.552. The quantitative estimate of drug-likeness (QED) is 0.877. The Hall–Kier alpha value is -0.940. The van der Waals surface area contributed by atoms with Gasteiger partial charge in [0.05, 0.1) is 5.25 Å². The molecule has 0 aromatic heterocycles. The highest BCUT2D eigenvalue weighted by Gasteiger charge is 2.26. The molecule has 0 saturated heterocycles. The van der Waals surface area contributed by atoms with E-state index in [4.69, 9.17) is 5.73 Å². The first-order valence-corrected chi connectivity index (χ1v) is 7.01. The van der Waals surface area contributed by atoms with E-state index in [1.54, 1.807) is 6.92 Å². The highest BCUT2D eigenvalue weighted by atomic mass is 32.2. The van der Waals surface area contributed by atoms with Crippen LogP contribution in [0.4, 0.5) is 4.39 Å². The zero-order valence-corrected chi connectivity index (χ0v) is 10.2. The molecule has 3 nitrogen and oxygen atoms in total. The van der Waals surface area contributed by atoms with Crippen molar-refractivity contribution in [2.24, 2.45) is 5.73 Å². The van der Waals surface area contributed by atoms with Crippen molar-refractivity contribution >= 4 is 9.84 Å². The normalized spacial score (nSPS) is 15.8. The van der Waals surface area contributed by atoms with Crippen molar-refractivity contribution in [3.05, 3.63) is 35.6 Å². The van der Waals surface area contributed by atoms with Gasteiger partial charge in [0.25, 0.3) is 0 Å². The van der Waals surface area contributed by atoms with Crippen LogP contribution >= 0.6 is 0 Å². The van der Waals surface area contributed by atoms with Crippen molar-refractivity contribution in [3.8, 4) is 0 Å². The molecule has 0 amide bonds. The van der Waals surface area contributed by atoms with E-state index < -0.39 is 21.1 Å². The number of halogens is 1. The fraction of sp³-hybridized carbons (Fsp3) is 0.455. The SMILES string of the molecule is CC[C@H]([C@@H](N)c1ccc(F)cc1)S(C)(=O)=O. The molecule has 0 aliphatic rings. The second kappa shape index (κ2) is 4.93. The number of nitrogens with two attached hydrogens (primary N) is 1. The molecule has 0 heterocycles. The number of sulfone groups is 1. The maximum absolute atomic E-state index is 12.7. The third kappa shape index (κ3) is 3.02. The summed E-state index contributed by atoms with van der Waals surface area (Å²) < 4.78 is 35.7. The van der Waals surface area contributed by atoms with E-state index >= 15 is 0 Å². The summed E-state index contributed by atoms with van der Waals surface area (Å²) in [5, 5.41) is -0.627. The Labute approximate surface area is 95.4 Å². The fourth-order valence-corrected chi connectivity index (χ4v) is 3.02. The summed E-state index contributed by atoms with van der Waals surface area (Å²) in [4.78, 5) is 0. The summed E-state index contributed by atoms with van der Waals surface area (Å²) in [6.45, 7) is 1.77. The van der Waals surface area contributed by atoms with Crippen LogP contribution in [0.2, 0.25) is 0 Å². The van der Waals surface area contributed by atoms with Crippen molar-refractivity contribution in [1.29, 1.82) is 0 Å². The summed E-state index contributed by atoms with van der Waals surface area (Å²) in [5.41, 5.74) is 6.52. The van der Waals surface area contributed by atoms with Gasteiger partial charge in [0.2, 0.25) is 0 Å². The molecular formula is C11H16FNO2S. The smallest absolute Gasteiger partial charge is 0.152 e. The van der Waals surface area contributed by atoms with Crippen molar-refractivity contribution < 1.29 is 12.8 Å². The van der Waals surface area contributed by atoms with Crippen LogP contribution in [-0.4, -0.2) is 19.9 Å². The van der Waals surface area contributed by atoms with E-state index in [-0.39, 0.29) is 5.82 Å². The Morgan fingerprint density at radius 3 is 2.19 bits per heavy atom. The van der Waals surface area contributed by atoms with Crippen molar-refractivity contribution in [2.75, 3.05) is 6.26 Å². The Morgan fingerprint density at radius 1 is 1.31 bits per heavy atom. The van der Waals surface area contributed by atoms with Crippen molar-refractivity contribution in [1.82, 2.24) is 0 Å². The van der Waals surface area contributed by atoms with Gasteiger partial charge in [-0.15, -0.1) is 0 Å². The fourth-order valence-electron chi connectivity index (χ4n) is 1.72. The molecule has 1 rings (SSSR count). The largest absolute Gasteiger partial charge is 0.323 e. The monoisotopic (exact) mass is 245 g/mol. The number of hydrogen-bond acceptors (Lipinski definition) is 3. The lowest BCUT2D eigenvalue weighted by Gasteiger charge is -2.21. The maximum atomic E-state index is 12.7. The van der Waals surface area contributed by atoms with Gasteiger partial charge in [-0.2, -0.15) is 0 Å². The summed E-state index contributed by atoms with van der Waals surface area (Å²) >= 11 is 0. The van der Waals surface area contributed by atoms with Gasteiger partial charge in [0.1, 0.15) is 5.82 Å². The average Bonchev–Trinajstić information content (AvgIpc) is 2.17. The third-order valence-corrected chi connectivity index (χ3v) is 4.33. The molecule has 16 heavy (non-hydrogen) atoms. The highest BCUT2D eigenvalue weighted by molar-refractivity contribution is 7.91. The molecular weight excluding hydrogens is 229 g/mol. The van der Waals surface area contributed by atoms with Crippen LogP contribution in [-0.2, 0) is 9.84 Å². The molecule has 90 valence electrons. The summed E-state index contributed by atoms with van der Waals surface area (Å²) in [5.74, 6) is -0.358. The zero-order chi connectivity index (χ0) is 12.3. The Balaban J connectivity index is 3.00. The van der Waals surface area contributed by atoms with Gasteiger partial charge in [-0.3, -0.25) is 0 Å². The molecule has 0 unspecified atom stereocenters. The van der Waals surface area contributed by atoms with E-state index in [2.05, 4.69) is 0 Å². The van der Waals surface area contributed by atoms with E-state index in [0.717, 1.165) is 0 Å². The maximum Gasteiger partial charge on any atom is 0.152 e. The molecule has 0 bridgehead atoms. The van der Waals surface area contributed by atoms with Gasteiger partial charge in [-0.05, 0) is 24.1 Å². The van der Waals surface area contributed by atoms with Crippen LogP contribution in [0, 0.1) is 5.82 Å². The van der Waals surface area contributed by atoms with Crippen LogP contribution in [0.25, 0.3) is 0 Å². The van der Waals surface area contributed by atoms with Gasteiger partial charge in [-0.25, -0.2) is 12.8 Å². The van der Waals surface area contributed by atoms with E-state index in [9.17, 15) is 12.8 Å². The third-order valence-electron chi connectivity index (χ3n) is 2.61. The van der Waals surface area contributed by atoms with Crippen LogP contribution in [0.15, 0.2) is 24.3 Å². The molecule has 0 fully saturated rings. The Morgan fingerprint density at radius 2 is 1.81 bits per heavy atom. The average molecular weight is 245 g/mol. The topological polar surface area (TPSA) is 60.2 Å². The molecule has 2 atom stereocenters. The van der Waals surface area contributed by atoms with Crippen molar-refractivity contribution in [2.45, 2.75) is 24.6 Å². The van der Waals surface area contributed by atoms with Gasteiger partial charge in [0.15, 0.2) is 9.84 Å². The lowest BCUT2D eigenvalue weighted by Crippen LogP contribution is -2.32. The van der Waals surface area contributed by atoms with Crippen LogP contribution in [0.3, 0.4) is 0 Å². The first-order valence-electron chi connectivity index (χ1n) is 5.06. The Bertz CT molecular complexity index is 442. The predicted octanol–water partition coefficient (Wildman–Crippen LogP) is 1.65. The van der Waals surface area contributed by atoms with Gasteiger partial charge in [0, 0.05) is 12.3 Å². The van der Waals surface area contributed by atoms with Crippen LogP contribution in [0.5, 0.6) is 0 Å². The minimum Gasteiger partial charge on any atom is -0.323 e. The van der Waals surface area contributed by atoms with E-state index in [1.807, 2.05) is 0 Å². The predicted molar refractivity (Wildman–Crippen MR) is 62.3 cm³/mol. The molecule has 5 heteroatoms. The second-order valence-electron chi connectivity index (χ2n) is 3.85. The zero-order valence-electron chi connectivity index (χ0n) is 9.35. The minimum atomic E-state index is -3.19. The molecule has 2 N–H and O–H groups in total. The number of hydrogen-bond donors (Lipinski definition) is 1. The highest BCUT2D eigenvalue weighted by Crippen LogP contribution is 2.22. The first kappa shape index (κ1) is 13.1. The van der Waals surface area contributed by atoms with Crippen molar-refractivity contribution in [3.63, 3.8) is 0 Å². The first-order chi connectivity index (χ1) is 7.36. The minimum absolute atomic E-state index is 0.358. The summed E-state index contributed by atoms with van der Waals surface area (Å²) in [6.07, 6.45) is 1.61. The number of rotatable bonds is 4. The standard InChI is InChI=1S/C11H16FNO2S/c1-3-10(16(2,14)15)11(13)8-4-6-9(12)7-5-8/h4-7,10-11H,3,13H2,1-2H3/t10-,11+/m1/s1. The molecule has 0 radical (unpaired) electrons. The van der Waals surface area contributed by atoms with Crippen LogP contribution < -0.4 is 5.73 Å². The summed E-state index contributed by atoms with van der Waals surface area (Å²) in [7, 11) is -3.19. The van der Waals surface area contributed by atoms with E-state index in [0.29, 0.717) is 12.0 Å². The molecule has 0 spiro atoms. The molecule has 0 aliphatic heterocycles. The Kier molecular flexibility index (Phi) is 4.04. The number of benzene rings is 1. The molecule has 0 saturated carbocycles.